The highest BCUT2D eigenvalue weighted by atomic mass is 19.4. The van der Waals surface area contributed by atoms with Gasteiger partial charge in [0.1, 0.15) is 0 Å². The Bertz CT molecular complexity index is 1470. The van der Waals surface area contributed by atoms with Gasteiger partial charge in [-0.3, -0.25) is 15.0 Å². The molecule has 0 spiro atoms. The fourth-order valence-electron chi connectivity index (χ4n) is 5.58. The second-order valence-electron chi connectivity index (χ2n) is 11.0. The normalized spacial score (nSPS) is 20.3. The van der Waals surface area contributed by atoms with Gasteiger partial charge in [-0.15, -0.1) is 0 Å². The number of allylic oxidation sites excluding steroid dienone is 2. The van der Waals surface area contributed by atoms with E-state index in [9.17, 15) is 32.9 Å². The Morgan fingerprint density at radius 3 is 2.00 bits per heavy atom. The van der Waals surface area contributed by atoms with Crippen LogP contribution < -0.4 is 10.6 Å². The summed E-state index contributed by atoms with van der Waals surface area (Å²) in [5.41, 5.74) is 1.38. The standard InChI is InChI=1S/C31H35F3N4O6/c1-17(2)43-29(39)26-18(3)36-19(4)27(28(26)22-8-12-24(13-9-22)38(41)42)30(40)44-20(5)37-15-14-35-16-25(37)21-6-10-23(11-7-21)31(32,33)34/h6-13,17,20,25,28,35-36H,14-16H2,1-5H3. The highest BCUT2D eigenvalue weighted by Gasteiger charge is 2.40. The zero-order valence-electron chi connectivity index (χ0n) is 25.0. The summed E-state index contributed by atoms with van der Waals surface area (Å²) in [5, 5.41) is 17.6. The molecule has 3 atom stereocenters. The molecule has 0 saturated carbocycles. The maximum Gasteiger partial charge on any atom is 0.416 e. The van der Waals surface area contributed by atoms with Crippen molar-refractivity contribution in [3.8, 4) is 0 Å². The third kappa shape index (κ3) is 7.11. The summed E-state index contributed by atoms with van der Waals surface area (Å²) in [6, 6.07) is 10.1. The van der Waals surface area contributed by atoms with Gasteiger partial charge in [0.15, 0.2) is 6.23 Å². The number of piperazine rings is 1. The van der Waals surface area contributed by atoms with Gasteiger partial charge in [-0.2, -0.15) is 13.2 Å². The average Bonchev–Trinajstić information content (AvgIpc) is 2.95. The highest BCUT2D eigenvalue weighted by Crippen LogP contribution is 2.40. The largest absolute Gasteiger partial charge is 0.460 e. The number of nitro benzene ring substituents is 1. The number of hydrogen-bond acceptors (Lipinski definition) is 9. The number of dihydropyridines is 1. The van der Waals surface area contributed by atoms with Crippen LogP contribution in [0.1, 0.15) is 63.3 Å². The summed E-state index contributed by atoms with van der Waals surface area (Å²) in [5.74, 6) is -2.32. The number of halogens is 3. The first kappa shape index (κ1) is 32.7. The maximum atomic E-state index is 13.9. The van der Waals surface area contributed by atoms with Gasteiger partial charge in [-0.1, -0.05) is 24.3 Å². The van der Waals surface area contributed by atoms with E-state index >= 15 is 0 Å². The van der Waals surface area contributed by atoms with E-state index in [1.807, 2.05) is 4.90 Å². The molecule has 10 nitrogen and oxygen atoms in total. The monoisotopic (exact) mass is 616 g/mol. The van der Waals surface area contributed by atoms with Crippen LogP contribution in [0.15, 0.2) is 71.1 Å². The van der Waals surface area contributed by atoms with Crippen LogP contribution in [0.4, 0.5) is 18.9 Å². The Kier molecular flexibility index (Phi) is 9.79. The first-order valence-electron chi connectivity index (χ1n) is 14.2. The molecular formula is C31H35F3N4O6. The lowest BCUT2D eigenvalue weighted by Gasteiger charge is -2.40. The molecule has 2 aliphatic rings. The summed E-state index contributed by atoms with van der Waals surface area (Å²) >= 11 is 0. The summed E-state index contributed by atoms with van der Waals surface area (Å²) in [6.45, 7) is 9.88. The summed E-state index contributed by atoms with van der Waals surface area (Å²) in [7, 11) is 0. The van der Waals surface area contributed by atoms with E-state index in [1.165, 1.54) is 36.4 Å². The van der Waals surface area contributed by atoms with E-state index in [4.69, 9.17) is 9.47 Å². The summed E-state index contributed by atoms with van der Waals surface area (Å²) < 4.78 is 50.9. The van der Waals surface area contributed by atoms with Crippen LogP contribution in [0.3, 0.4) is 0 Å². The minimum absolute atomic E-state index is 0.133. The van der Waals surface area contributed by atoms with Gasteiger partial charge in [-0.05, 0) is 57.9 Å². The number of alkyl halides is 3. The second-order valence-corrected chi connectivity index (χ2v) is 11.0. The van der Waals surface area contributed by atoms with Crippen molar-refractivity contribution in [3.05, 3.63) is 97.9 Å². The molecule has 1 fully saturated rings. The third-order valence-electron chi connectivity index (χ3n) is 7.63. The molecule has 236 valence electrons. The molecule has 0 bridgehead atoms. The van der Waals surface area contributed by atoms with Crippen molar-refractivity contribution >= 4 is 17.6 Å². The number of hydrogen-bond donors (Lipinski definition) is 2. The van der Waals surface area contributed by atoms with Crippen molar-refractivity contribution < 1.29 is 37.2 Å². The molecule has 13 heteroatoms. The zero-order chi connectivity index (χ0) is 32.3. The first-order valence-corrected chi connectivity index (χ1v) is 14.2. The number of rotatable bonds is 8. The lowest BCUT2D eigenvalue weighted by atomic mass is 9.80. The van der Waals surface area contributed by atoms with Crippen LogP contribution in [0, 0.1) is 10.1 Å². The Labute approximate surface area is 253 Å². The number of carbonyl (C=O) groups is 2. The van der Waals surface area contributed by atoms with E-state index in [1.54, 1.807) is 34.6 Å². The molecular weight excluding hydrogens is 581 g/mol. The molecule has 2 aromatic rings. The Morgan fingerprint density at radius 1 is 0.932 bits per heavy atom. The zero-order valence-corrected chi connectivity index (χ0v) is 25.0. The smallest absolute Gasteiger partial charge is 0.416 e. The average molecular weight is 617 g/mol. The molecule has 0 aromatic heterocycles. The van der Waals surface area contributed by atoms with Gasteiger partial charge < -0.3 is 20.1 Å². The van der Waals surface area contributed by atoms with Gasteiger partial charge in [0.25, 0.3) is 5.69 Å². The van der Waals surface area contributed by atoms with E-state index < -0.39 is 46.9 Å². The molecule has 2 aromatic carbocycles. The number of esters is 2. The number of nitrogens with one attached hydrogen (secondary N) is 2. The predicted molar refractivity (Wildman–Crippen MR) is 155 cm³/mol. The Morgan fingerprint density at radius 2 is 1.48 bits per heavy atom. The van der Waals surface area contributed by atoms with Crippen molar-refractivity contribution in [1.82, 2.24) is 15.5 Å². The number of nitro groups is 1. The molecule has 0 aliphatic carbocycles. The number of non-ortho nitro benzene ring substituents is 1. The fourth-order valence-corrected chi connectivity index (χ4v) is 5.58. The van der Waals surface area contributed by atoms with E-state index in [2.05, 4.69) is 10.6 Å². The van der Waals surface area contributed by atoms with Crippen LogP contribution >= 0.6 is 0 Å². The van der Waals surface area contributed by atoms with E-state index in [-0.39, 0.29) is 22.9 Å². The number of ether oxygens (including phenoxy) is 2. The molecule has 2 heterocycles. The molecule has 2 N–H and O–H groups in total. The van der Waals surface area contributed by atoms with Crippen LogP contribution in [0.25, 0.3) is 0 Å². The van der Waals surface area contributed by atoms with E-state index in [0.29, 0.717) is 42.2 Å². The second kappa shape index (κ2) is 13.2. The topological polar surface area (TPSA) is 123 Å². The van der Waals surface area contributed by atoms with Crippen molar-refractivity contribution in [3.63, 3.8) is 0 Å². The minimum Gasteiger partial charge on any atom is -0.460 e. The lowest BCUT2D eigenvalue weighted by molar-refractivity contribution is -0.384. The number of nitrogens with zero attached hydrogens (tertiary/aromatic N) is 2. The molecule has 44 heavy (non-hydrogen) atoms. The lowest BCUT2D eigenvalue weighted by Crippen LogP contribution is -2.51. The van der Waals surface area contributed by atoms with Crippen molar-refractivity contribution in [2.75, 3.05) is 19.6 Å². The number of carbonyl (C=O) groups excluding carboxylic acids is 2. The van der Waals surface area contributed by atoms with Gasteiger partial charge in [0.2, 0.25) is 0 Å². The highest BCUT2D eigenvalue weighted by molar-refractivity contribution is 6.00. The van der Waals surface area contributed by atoms with Crippen LogP contribution in [-0.4, -0.2) is 53.7 Å². The molecule has 3 unspecified atom stereocenters. The van der Waals surface area contributed by atoms with Gasteiger partial charge in [-0.25, -0.2) is 9.59 Å². The number of benzene rings is 2. The Balaban J connectivity index is 1.66. The first-order chi connectivity index (χ1) is 20.7. The SMILES string of the molecule is CC1=C(C(=O)OC(C)C)C(c2ccc([N+](=O)[O-])cc2)C(C(=O)OC(C)N2CCNCC2c2ccc(C(F)(F)F)cc2)=C(C)N1. The van der Waals surface area contributed by atoms with Gasteiger partial charge in [0.05, 0.1) is 39.7 Å². The Hall–Kier alpha value is -4.23. The molecule has 1 saturated heterocycles. The van der Waals surface area contributed by atoms with Gasteiger partial charge in [0, 0.05) is 43.2 Å². The van der Waals surface area contributed by atoms with E-state index in [0.717, 1.165) is 12.1 Å². The van der Waals surface area contributed by atoms with Gasteiger partial charge >= 0.3 is 18.1 Å². The van der Waals surface area contributed by atoms with Crippen LogP contribution in [-0.2, 0) is 25.2 Å². The van der Waals surface area contributed by atoms with Crippen LogP contribution in [0.2, 0.25) is 0 Å². The summed E-state index contributed by atoms with van der Waals surface area (Å²) in [4.78, 5) is 39.9. The van der Waals surface area contributed by atoms with Crippen molar-refractivity contribution in [1.29, 1.82) is 0 Å². The van der Waals surface area contributed by atoms with Crippen molar-refractivity contribution in [2.45, 2.75) is 65.1 Å². The quantitative estimate of drug-likeness (QED) is 0.230. The fraction of sp³-hybridized carbons (Fsp3) is 0.419. The minimum atomic E-state index is -4.46. The molecule has 0 radical (unpaired) electrons. The molecule has 2 aliphatic heterocycles. The van der Waals surface area contributed by atoms with Crippen LogP contribution in [0.5, 0.6) is 0 Å². The summed E-state index contributed by atoms with van der Waals surface area (Å²) in [6.07, 6.45) is -5.70. The molecule has 4 rings (SSSR count). The van der Waals surface area contributed by atoms with Crippen molar-refractivity contribution in [2.24, 2.45) is 0 Å². The predicted octanol–water partition coefficient (Wildman–Crippen LogP) is 5.34. The third-order valence-corrected chi connectivity index (χ3v) is 7.63. The molecule has 0 amide bonds. The maximum absolute atomic E-state index is 13.9.